The van der Waals surface area contributed by atoms with E-state index < -0.39 is 0 Å². The zero-order valence-corrected chi connectivity index (χ0v) is 18.7. The van der Waals surface area contributed by atoms with Crippen molar-refractivity contribution in [2.24, 2.45) is 9.98 Å². The van der Waals surface area contributed by atoms with E-state index in [1.54, 1.807) is 32.4 Å². The van der Waals surface area contributed by atoms with Crippen molar-refractivity contribution in [2.75, 3.05) is 25.3 Å². The lowest BCUT2D eigenvalue weighted by atomic mass is 10.1. The van der Waals surface area contributed by atoms with Gasteiger partial charge in [-0.05, 0) is 29.8 Å². The number of anilines is 1. The van der Waals surface area contributed by atoms with Crippen LogP contribution >= 0.6 is 11.8 Å². The van der Waals surface area contributed by atoms with E-state index in [0.29, 0.717) is 23.6 Å². The maximum atomic E-state index is 12.7. The first-order valence-corrected chi connectivity index (χ1v) is 11.1. The number of nitrogens with zero attached hydrogens (tertiary/aromatic N) is 2. The first kappa shape index (κ1) is 21.6. The van der Waals surface area contributed by atoms with Gasteiger partial charge in [-0.1, -0.05) is 42.5 Å². The van der Waals surface area contributed by atoms with Crippen molar-refractivity contribution in [1.82, 2.24) is 0 Å². The van der Waals surface area contributed by atoms with Gasteiger partial charge in [-0.2, -0.15) is 0 Å². The monoisotopic (exact) mass is 445 g/mol. The van der Waals surface area contributed by atoms with Crippen molar-refractivity contribution in [3.8, 4) is 11.5 Å². The normalized spacial score (nSPS) is 12.7. The van der Waals surface area contributed by atoms with Crippen LogP contribution in [0, 0.1) is 0 Å². The number of nitrogens with one attached hydrogen (secondary N) is 1. The molecule has 0 atom stereocenters. The number of hydrogen-bond acceptors (Lipinski definition) is 6. The number of thioether (sulfide) groups is 1. The van der Waals surface area contributed by atoms with Crippen molar-refractivity contribution in [3.63, 3.8) is 0 Å². The molecular formula is C25H23N3O3S. The predicted octanol–water partition coefficient (Wildman–Crippen LogP) is 5.63. The van der Waals surface area contributed by atoms with Crippen LogP contribution in [0.2, 0.25) is 0 Å². The quantitative estimate of drug-likeness (QED) is 0.534. The molecule has 3 aromatic carbocycles. The van der Waals surface area contributed by atoms with Crippen LogP contribution in [0.4, 0.5) is 17.1 Å². The van der Waals surface area contributed by atoms with E-state index in [1.807, 2.05) is 54.6 Å². The number of para-hydroxylation sites is 2. The van der Waals surface area contributed by atoms with Gasteiger partial charge in [0.25, 0.3) is 0 Å². The molecule has 1 N–H and O–H groups in total. The Bertz CT molecular complexity index is 1180. The number of methoxy groups -OCH3 is 2. The summed E-state index contributed by atoms with van der Waals surface area (Å²) in [4.78, 5) is 22.3. The van der Waals surface area contributed by atoms with Gasteiger partial charge in [0.1, 0.15) is 11.5 Å². The zero-order valence-electron chi connectivity index (χ0n) is 17.9. The average molecular weight is 446 g/mol. The molecule has 1 aliphatic heterocycles. The summed E-state index contributed by atoms with van der Waals surface area (Å²) >= 11 is 1.41. The summed E-state index contributed by atoms with van der Waals surface area (Å²) in [6, 6.07) is 23.1. The fraction of sp³-hybridized carbons (Fsp3) is 0.160. The third kappa shape index (κ3) is 5.18. The molecule has 0 spiro atoms. The lowest BCUT2D eigenvalue weighted by molar-refractivity contribution is -0.113. The standard InChI is InChI=1S/C25H23N3O3S/c1-30-18-12-13-21(23(14-18)31-2)27-24(29)16-32-25-15-22(17-8-4-3-5-9-17)26-19-10-6-7-11-20(19)28-25/h3-14H,15-16H2,1-2H3,(H,27,29). The summed E-state index contributed by atoms with van der Waals surface area (Å²) in [6.45, 7) is 0. The minimum Gasteiger partial charge on any atom is -0.497 e. The third-order valence-electron chi connectivity index (χ3n) is 4.86. The number of rotatable bonds is 6. The average Bonchev–Trinajstić information content (AvgIpc) is 3.03. The number of carbonyl (C=O) groups excluding carboxylic acids is 1. The molecule has 1 amide bonds. The SMILES string of the molecule is COc1ccc(NC(=O)CSC2=Nc3ccccc3N=C(c3ccccc3)C2)c(OC)c1. The first-order valence-electron chi connectivity index (χ1n) is 10.1. The van der Waals surface area contributed by atoms with Crippen molar-refractivity contribution in [3.05, 3.63) is 78.4 Å². The Morgan fingerprint density at radius 1 is 0.938 bits per heavy atom. The summed E-state index contributed by atoms with van der Waals surface area (Å²) in [5, 5.41) is 3.75. The highest BCUT2D eigenvalue weighted by Gasteiger charge is 2.17. The number of aliphatic imine (C=N–C) groups is 2. The predicted molar refractivity (Wildman–Crippen MR) is 131 cm³/mol. The van der Waals surface area contributed by atoms with Crippen molar-refractivity contribution in [1.29, 1.82) is 0 Å². The molecule has 0 aromatic heterocycles. The smallest absolute Gasteiger partial charge is 0.234 e. The highest BCUT2D eigenvalue weighted by atomic mass is 32.2. The van der Waals surface area contributed by atoms with Gasteiger partial charge in [0.05, 0.1) is 47.8 Å². The van der Waals surface area contributed by atoms with Crippen molar-refractivity contribution >= 4 is 45.5 Å². The molecule has 7 heteroatoms. The van der Waals surface area contributed by atoms with Gasteiger partial charge in [-0.15, -0.1) is 11.8 Å². The summed E-state index contributed by atoms with van der Waals surface area (Å²) in [6.07, 6.45) is 0.558. The molecular weight excluding hydrogens is 422 g/mol. The van der Waals surface area contributed by atoms with Gasteiger partial charge >= 0.3 is 0 Å². The van der Waals surface area contributed by atoms with Crippen LogP contribution in [0.15, 0.2) is 82.8 Å². The highest BCUT2D eigenvalue weighted by molar-refractivity contribution is 8.14. The summed E-state index contributed by atoms with van der Waals surface area (Å²) < 4.78 is 10.6. The summed E-state index contributed by atoms with van der Waals surface area (Å²) in [7, 11) is 3.14. The minimum absolute atomic E-state index is 0.142. The van der Waals surface area contributed by atoms with E-state index in [4.69, 9.17) is 19.5 Å². The molecule has 0 saturated carbocycles. The van der Waals surface area contributed by atoms with Gasteiger partial charge < -0.3 is 14.8 Å². The number of ether oxygens (including phenoxy) is 2. The molecule has 0 saturated heterocycles. The fourth-order valence-corrected chi connectivity index (χ4v) is 4.04. The van der Waals surface area contributed by atoms with Crippen molar-refractivity contribution < 1.29 is 14.3 Å². The van der Waals surface area contributed by atoms with Crippen molar-refractivity contribution in [2.45, 2.75) is 6.42 Å². The van der Waals surface area contributed by atoms with Crippen LogP contribution in [-0.2, 0) is 4.79 Å². The number of benzene rings is 3. The van der Waals surface area contributed by atoms with E-state index in [2.05, 4.69) is 5.32 Å². The van der Waals surface area contributed by atoms with Crippen LogP contribution in [0.25, 0.3) is 0 Å². The number of fused-ring (bicyclic) bond motifs is 1. The molecule has 0 fully saturated rings. The van der Waals surface area contributed by atoms with Gasteiger partial charge in [0, 0.05) is 12.5 Å². The van der Waals surface area contributed by atoms with E-state index >= 15 is 0 Å². The van der Waals surface area contributed by atoms with Gasteiger partial charge in [-0.3, -0.25) is 9.79 Å². The second kappa shape index (κ2) is 10.2. The van der Waals surface area contributed by atoms with Crippen LogP contribution in [0.3, 0.4) is 0 Å². The lowest BCUT2D eigenvalue weighted by Crippen LogP contribution is -2.16. The summed E-state index contributed by atoms with van der Waals surface area (Å²) in [5.74, 6) is 1.28. The molecule has 0 bridgehead atoms. The lowest BCUT2D eigenvalue weighted by Gasteiger charge is -2.12. The first-order chi connectivity index (χ1) is 15.7. The molecule has 0 radical (unpaired) electrons. The largest absolute Gasteiger partial charge is 0.497 e. The topological polar surface area (TPSA) is 72.3 Å². The van der Waals surface area contributed by atoms with E-state index in [-0.39, 0.29) is 11.7 Å². The maximum absolute atomic E-state index is 12.7. The molecule has 6 nitrogen and oxygen atoms in total. The Kier molecular flexibility index (Phi) is 6.87. The Morgan fingerprint density at radius 2 is 1.66 bits per heavy atom. The highest BCUT2D eigenvalue weighted by Crippen LogP contribution is 2.34. The van der Waals surface area contributed by atoms with E-state index in [0.717, 1.165) is 27.7 Å². The van der Waals surface area contributed by atoms with Crippen LogP contribution in [-0.4, -0.2) is 36.6 Å². The summed E-state index contributed by atoms with van der Waals surface area (Å²) in [5.41, 5.74) is 4.20. The Balaban J connectivity index is 1.50. The molecule has 4 rings (SSSR count). The van der Waals surface area contributed by atoms with E-state index in [1.165, 1.54) is 11.8 Å². The molecule has 1 aliphatic rings. The van der Waals surface area contributed by atoms with Gasteiger partial charge in [-0.25, -0.2) is 4.99 Å². The van der Waals surface area contributed by atoms with Crippen LogP contribution in [0.1, 0.15) is 12.0 Å². The minimum atomic E-state index is -0.142. The molecule has 1 heterocycles. The molecule has 0 aliphatic carbocycles. The van der Waals surface area contributed by atoms with E-state index in [9.17, 15) is 4.79 Å². The Hall–Kier alpha value is -3.58. The van der Waals surface area contributed by atoms with Crippen LogP contribution in [0.5, 0.6) is 11.5 Å². The number of hydrogen-bond donors (Lipinski definition) is 1. The fourth-order valence-electron chi connectivity index (χ4n) is 3.27. The van der Waals surface area contributed by atoms with Gasteiger partial charge in [0.15, 0.2) is 0 Å². The molecule has 0 unspecified atom stereocenters. The maximum Gasteiger partial charge on any atom is 0.234 e. The third-order valence-corrected chi connectivity index (χ3v) is 5.84. The number of amides is 1. The second-order valence-electron chi connectivity index (χ2n) is 7.00. The van der Waals surface area contributed by atoms with Gasteiger partial charge in [0.2, 0.25) is 5.91 Å². The molecule has 3 aromatic rings. The molecule has 32 heavy (non-hydrogen) atoms. The number of carbonyl (C=O) groups is 1. The Labute approximate surface area is 191 Å². The Morgan fingerprint density at radius 3 is 2.38 bits per heavy atom. The van der Waals surface area contributed by atoms with Crippen LogP contribution < -0.4 is 14.8 Å². The zero-order chi connectivity index (χ0) is 22.3. The molecule has 162 valence electrons. The second-order valence-corrected chi connectivity index (χ2v) is 8.05.